The van der Waals surface area contributed by atoms with Crippen LogP contribution in [0, 0.1) is 11.7 Å². The minimum atomic E-state index is -0.363. The number of rotatable bonds is 5. The molecule has 0 aliphatic carbocycles. The molecule has 6 heteroatoms. The third-order valence-corrected chi connectivity index (χ3v) is 3.86. The molecule has 0 aliphatic rings. The summed E-state index contributed by atoms with van der Waals surface area (Å²) in [5.74, 6) is 0.708. The van der Waals surface area contributed by atoms with Gasteiger partial charge in [0.05, 0.1) is 6.04 Å². The number of benzene rings is 1. The van der Waals surface area contributed by atoms with Gasteiger partial charge in [0.2, 0.25) is 0 Å². The van der Waals surface area contributed by atoms with Crippen LogP contribution in [0.2, 0.25) is 0 Å². The van der Waals surface area contributed by atoms with Crippen molar-refractivity contribution < 1.29 is 4.39 Å². The largest absolute Gasteiger partial charge is 0.398 e. The fraction of sp³-hybridized carbons (Fsp3) is 0.500. The molecule has 0 saturated carbocycles. The van der Waals surface area contributed by atoms with E-state index in [1.165, 1.54) is 12.1 Å². The van der Waals surface area contributed by atoms with E-state index in [-0.39, 0.29) is 11.9 Å². The summed E-state index contributed by atoms with van der Waals surface area (Å²) in [7, 11) is 0. The molecular formula is C14H20FN5. The van der Waals surface area contributed by atoms with E-state index in [0.717, 1.165) is 12.8 Å². The van der Waals surface area contributed by atoms with Gasteiger partial charge in [0.25, 0.3) is 0 Å². The van der Waals surface area contributed by atoms with Gasteiger partial charge in [-0.05, 0) is 41.5 Å². The average molecular weight is 277 g/mol. The zero-order valence-electron chi connectivity index (χ0n) is 12.0. The van der Waals surface area contributed by atoms with Crippen molar-refractivity contribution in [1.82, 2.24) is 20.2 Å². The Kier molecular flexibility index (Phi) is 4.32. The van der Waals surface area contributed by atoms with E-state index in [2.05, 4.69) is 36.3 Å². The van der Waals surface area contributed by atoms with Crippen LogP contribution in [0.3, 0.4) is 0 Å². The van der Waals surface area contributed by atoms with Gasteiger partial charge in [0.1, 0.15) is 5.82 Å². The van der Waals surface area contributed by atoms with Gasteiger partial charge in [-0.25, -0.2) is 9.07 Å². The summed E-state index contributed by atoms with van der Waals surface area (Å²) < 4.78 is 14.9. The van der Waals surface area contributed by atoms with Gasteiger partial charge in [-0.1, -0.05) is 26.7 Å². The maximum absolute atomic E-state index is 13.1. The maximum atomic E-state index is 13.1. The van der Waals surface area contributed by atoms with Crippen molar-refractivity contribution >= 4 is 5.69 Å². The van der Waals surface area contributed by atoms with E-state index >= 15 is 0 Å². The molecule has 0 amide bonds. The minimum absolute atomic E-state index is 0.166. The maximum Gasteiger partial charge on any atom is 0.184 e. The van der Waals surface area contributed by atoms with Crippen molar-refractivity contribution in [2.24, 2.45) is 5.92 Å². The minimum Gasteiger partial charge on any atom is -0.398 e. The Hall–Kier alpha value is -1.98. The highest BCUT2D eigenvalue weighted by Gasteiger charge is 2.21. The summed E-state index contributed by atoms with van der Waals surface area (Å²) in [5.41, 5.74) is 6.88. The van der Waals surface area contributed by atoms with E-state index in [9.17, 15) is 4.39 Å². The monoisotopic (exact) mass is 277 g/mol. The first-order valence-electron chi connectivity index (χ1n) is 6.91. The second kappa shape index (κ2) is 5.98. The molecule has 1 unspecified atom stereocenters. The van der Waals surface area contributed by atoms with Gasteiger partial charge in [-0.3, -0.25) is 0 Å². The zero-order chi connectivity index (χ0) is 14.7. The first-order valence-corrected chi connectivity index (χ1v) is 6.91. The molecule has 2 N–H and O–H groups in total. The van der Waals surface area contributed by atoms with E-state index in [1.807, 2.05) is 0 Å². The van der Waals surface area contributed by atoms with Crippen molar-refractivity contribution in [2.45, 2.75) is 39.7 Å². The van der Waals surface area contributed by atoms with Gasteiger partial charge in [-0.2, -0.15) is 0 Å². The standard InChI is InChI=1S/C14H20FN5/c1-4-10(5-2)9(3)20-14(17-18-19-20)12-7-6-11(15)8-13(12)16/h6-10H,4-5,16H2,1-3H3. The summed E-state index contributed by atoms with van der Waals surface area (Å²) in [5, 5.41) is 11.9. The van der Waals surface area contributed by atoms with Gasteiger partial charge in [0.15, 0.2) is 5.82 Å². The average Bonchev–Trinajstić information content (AvgIpc) is 2.89. The number of tetrazole rings is 1. The van der Waals surface area contributed by atoms with Crippen LogP contribution < -0.4 is 5.73 Å². The lowest BCUT2D eigenvalue weighted by Gasteiger charge is -2.22. The van der Waals surface area contributed by atoms with E-state index in [4.69, 9.17) is 5.73 Å². The molecule has 1 atom stereocenters. The first-order chi connectivity index (χ1) is 9.58. The van der Waals surface area contributed by atoms with Crippen molar-refractivity contribution in [1.29, 1.82) is 0 Å². The second-order valence-electron chi connectivity index (χ2n) is 5.00. The van der Waals surface area contributed by atoms with Crippen LogP contribution in [0.15, 0.2) is 18.2 Å². The SMILES string of the molecule is CCC(CC)C(C)n1nnnc1-c1ccc(F)cc1N. The van der Waals surface area contributed by atoms with Crippen molar-refractivity contribution in [3.8, 4) is 11.4 Å². The molecule has 108 valence electrons. The number of nitrogens with two attached hydrogens (primary N) is 1. The molecule has 1 heterocycles. The molecule has 5 nitrogen and oxygen atoms in total. The number of aromatic nitrogens is 4. The Bertz CT molecular complexity index is 577. The third kappa shape index (κ3) is 2.64. The number of nitrogen functional groups attached to an aromatic ring is 1. The summed E-state index contributed by atoms with van der Waals surface area (Å²) in [6.07, 6.45) is 2.10. The normalized spacial score (nSPS) is 12.8. The van der Waals surface area contributed by atoms with Crippen LogP contribution in [0.5, 0.6) is 0 Å². The molecule has 1 aromatic heterocycles. The van der Waals surface area contributed by atoms with Gasteiger partial charge >= 0.3 is 0 Å². The van der Waals surface area contributed by atoms with Gasteiger partial charge in [-0.15, -0.1) is 5.10 Å². The summed E-state index contributed by atoms with van der Waals surface area (Å²) >= 11 is 0. The number of hydrogen-bond acceptors (Lipinski definition) is 4. The summed E-state index contributed by atoms with van der Waals surface area (Å²) in [4.78, 5) is 0. The van der Waals surface area contributed by atoms with Crippen molar-refractivity contribution in [3.63, 3.8) is 0 Å². The summed E-state index contributed by atoms with van der Waals surface area (Å²) in [6.45, 7) is 6.40. The van der Waals surface area contributed by atoms with E-state index < -0.39 is 0 Å². The lowest BCUT2D eigenvalue weighted by atomic mass is 9.95. The first kappa shape index (κ1) is 14.4. The van der Waals surface area contributed by atoms with E-state index in [0.29, 0.717) is 23.0 Å². The molecule has 0 spiro atoms. The molecule has 2 rings (SSSR count). The van der Waals surface area contributed by atoms with Crippen molar-refractivity contribution in [3.05, 3.63) is 24.0 Å². The predicted octanol–water partition coefficient (Wildman–Crippen LogP) is 3.06. The highest BCUT2D eigenvalue weighted by molar-refractivity contribution is 5.71. The zero-order valence-corrected chi connectivity index (χ0v) is 12.0. The number of anilines is 1. The Morgan fingerprint density at radius 3 is 2.60 bits per heavy atom. The van der Waals surface area contributed by atoms with Crippen LogP contribution in [-0.4, -0.2) is 20.2 Å². The third-order valence-electron chi connectivity index (χ3n) is 3.86. The number of halogens is 1. The molecule has 0 bridgehead atoms. The molecule has 0 aliphatic heterocycles. The Labute approximate surface area is 118 Å². The fourth-order valence-corrected chi connectivity index (χ4v) is 2.55. The topological polar surface area (TPSA) is 69.6 Å². The lowest BCUT2D eigenvalue weighted by molar-refractivity contribution is 0.309. The van der Waals surface area contributed by atoms with Crippen LogP contribution >= 0.6 is 0 Å². The Morgan fingerprint density at radius 1 is 1.30 bits per heavy atom. The quantitative estimate of drug-likeness (QED) is 0.853. The molecule has 0 fully saturated rings. The van der Waals surface area contributed by atoms with Gasteiger partial charge < -0.3 is 5.73 Å². The number of hydrogen-bond donors (Lipinski definition) is 1. The van der Waals surface area contributed by atoms with Crippen molar-refractivity contribution in [2.75, 3.05) is 5.73 Å². The smallest absolute Gasteiger partial charge is 0.184 e. The fourth-order valence-electron chi connectivity index (χ4n) is 2.55. The molecular weight excluding hydrogens is 257 g/mol. The molecule has 20 heavy (non-hydrogen) atoms. The van der Waals surface area contributed by atoms with Crippen LogP contribution in [-0.2, 0) is 0 Å². The van der Waals surface area contributed by atoms with E-state index in [1.54, 1.807) is 10.7 Å². The molecule has 0 saturated heterocycles. The Balaban J connectivity index is 2.42. The lowest BCUT2D eigenvalue weighted by Crippen LogP contribution is -2.18. The highest BCUT2D eigenvalue weighted by Crippen LogP contribution is 2.30. The highest BCUT2D eigenvalue weighted by atomic mass is 19.1. The molecule has 0 radical (unpaired) electrons. The summed E-state index contributed by atoms with van der Waals surface area (Å²) in [6, 6.07) is 4.44. The van der Waals surface area contributed by atoms with Crippen LogP contribution in [0.4, 0.5) is 10.1 Å². The molecule has 2 aromatic rings. The predicted molar refractivity (Wildman–Crippen MR) is 76.4 cm³/mol. The Morgan fingerprint density at radius 2 is 2.00 bits per heavy atom. The molecule has 1 aromatic carbocycles. The van der Waals surface area contributed by atoms with Gasteiger partial charge in [0, 0.05) is 11.3 Å². The van der Waals surface area contributed by atoms with Crippen LogP contribution in [0.1, 0.15) is 39.7 Å². The second-order valence-corrected chi connectivity index (χ2v) is 5.00. The number of nitrogens with zero attached hydrogens (tertiary/aromatic N) is 4. The van der Waals surface area contributed by atoms with Crippen LogP contribution in [0.25, 0.3) is 11.4 Å².